The van der Waals surface area contributed by atoms with Gasteiger partial charge in [-0.2, -0.15) is 0 Å². The number of likely N-dealkylation sites (tertiary alicyclic amines) is 1. The molecule has 1 heterocycles. The van der Waals surface area contributed by atoms with Crippen molar-refractivity contribution in [3.05, 3.63) is 42.0 Å². The molecule has 3 atom stereocenters. The first-order chi connectivity index (χ1) is 13.4. The number of piperidine rings is 1. The number of esters is 1. The molecule has 1 amide bonds. The normalized spacial score (nSPS) is 20.6. The van der Waals surface area contributed by atoms with Crippen LogP contribution in [0.15, 0.2) is 36.4 Å². The maximum absolute atomic E-state index is 12.6. The van der Waals surface area contributed by atoms with Crippen molar-refractivity contribution in [2.75, 3.05) is 13.7 Å². The maximum Gasteiger partial charge on any atom is 0.313 e. The summed E-state index contributed by atoms with van der Waals surface area (Å²) in [6, 6.07) is 12.1. The summed E-state index contributed by atoms with van der Waals surface area (Å²) >= 11 is 0. The first kappa shape index (κ1) is 20.2. The lowest BCUT2D eigenvalue weighted by Crippen LogP contribution is -2.49. The van der Waals surface area contributed by atoms with Crippen molar-refractivity contribution in [3.8, 4) is 5.75 Å². The number of methoxy groups -OCH3 is 1. The zero-order valence-corrected chi connectivity index (χ0v) is 17.1. The van der Waals surface area contributed by atoms with Gasteiger partial charge in [0.25, 0.3) is 5.91 Å². The first-order valence-corrected chi connectivity index (χ1v) is 9.96. The van der Waals surface area contributed by atoms with Crippen LogP contribution < -0.4 is 4.74 Å². The Bertz CT molecular complexity index is 853. The van der Waals surface area contributed by atoms with Gasteiger partial charge in [-0.05, 0) is 68.5 Å². The summed E-state index contributed by atoms with van der Waals surface area (Å²) in [5.74, 6) is -0.118. The molecule has 0 spiro atoms. The van der Waals surface area contributed by atoms with Crippen molar-refractivity contribution >= 4 is 22.6 Å². The molecule has 0 saturated carbocycles. The molecule has 0 radical (unpaired) electrons. The van der Waals surface area contributed by atoms with E-state index in [0.717, 1.165) is 41.3 Å². The Morgan fingerprint density at radius 1 is 1.07 bits per heavy atom. The van der Waals surface area contributed by atoms with Crippen LogP contribution in [-0.4, -0.2) is 42.6 Å². The summed E-state index contributed by atoms with van der Waals surface area (Å²) < 4.78 is 10.6. The van der Waals surface area contributed by atoms with Gasteiger partial charge in [0.05, 0.1) is 13.0 Å². The molecule has 0 bridgehead atoms. The number of hydrogen-bond donors (Lipinski definition) is 0. The van der Waals surface area contributed by atoms with E-state index in [-0.39, 0.29) is 30.6 Å². The number of carbonyl (C=O) groups excluding carboxylic acids is 2. The largest absolute Gasteiger partial charge is 0.497 e. The van der Waals surface area contributed by atoms with Crippen LogP contribution in [-0.2, 0) is 14.3 Å². The molecule has 5 heteroatoms. The van der Waals surface area contributed by atoms with Crippen molar-refractivity contribution in [2.45, 2.75) is 58.0 Å². The Kier molecular flexibility index (Phi) is 6.22. The number of ether oxygens (including phenoxy) is 2. The molecule has 0 unspecified atom stereocenters. The molecule has 0 aliphatic carbocycles. The summed E-state index contributed by atoms with van der Waals surface area (Å²) in [5, 5.41) is 2.08. The van der Waals surface area contributed by atoms with Crippen LogP contribution in [0, 0.1) is 0 Å². The van der Waals surface area contributed by atoms with E-state index < -0.39 is 5.92 Å². The topological polar surface area (TPSA) is 55.8 Å². The average Bonchev–Trinajstić information content (AvgIpc) is 2.70. The molecule has 1 fully saturated rings. The van der Waals surface area contributed by atoms with E-state index in [0.29, 0.717) is 0 Å². The third-order valence-corrected chi connectivity index (χ3v) is 5.74. The van der Waals surface area contributed by atoms with Crippen molar-refractivity contribution in [1.82, 2.24) is 4.90 Å². The fourth-order valence-electron chi connectivity index (χ4n) is 4.02. The minimum absolute atomic E-state index is 0.106. The van der Waals surface area contributed by atoms with Gasteiger partial charge in [0.15, 0.2) is 6.61 Å². The highest BCUT2D eigenvalue weighted by atomic mass is 16.5. The van der Waals surface area contributed by atoms with Crippen LogP contribution in [0.3, 0.4) is 0 Å². The van der Waals surface area contributed by atoms with E-state index >= 15 is 0 Å². The molecule has 5 nitrogen and oxygen atoms in total. The quantitative estimate of drug-likeness (QED) is 0.723. The van der Waals surface area contributed by atoms with Crippen LogP contribution >= 0.6 is 0 Å². The molecule has 0 N–H and O–H groups in total. The lowest BCUT2D eigenvalue weighted by molar-refractivity contribution is -0.155. The van der Waals surface area contributed by atoms with Gasteiger partial charge >= 0.3 is 5.97 Å². The number of fused-ring (bicyclic) bond motifs is 1. The van der Waals surface area contributed by atoms with Crippen molar-refractivity contribution in [2.24, 2.45) is 0 Å². The standard InChI is InChI=1S/C23H29NO4/c1-15-6-5-7-16(2)24(15)22(25)14-28-23(26)17(3)18-8-9-20-13-21(27-4)11-10-19(20)12-18/h8-13,15-17H,5-7,14H2,1-4H3/t15-,16-,17+/m1/s1. The van der Waals surface area contributed by atoms with Crippen molar-refractivity contribution in [3.63, 3.8) is 0 Å². The summed E-state index contributed by atoms with van der Waals surface area (Å²) in [6.45, 7) is 5.73. The number of rotatable bonds is 5. The molecule has 2 aromatic rings. The fraction of sp³-hybridized carbons (Fsp3) is 0.478. The highest BCUT2D eigenvalue weighted by Gasteiger charge is 2.30. The number of hydrogen-bond acceptors (Lipinski definition) is 4. The van der Waals surface area contributed by atoms with Crippen LogP contribution in [0.1, 0.15) is 51.5 Å². The van der Waals surface area contributed by atoms with Gasteiger partial charge in [-0.15, -0.1) is 0 Å². The van der Waals surface area contributed by atoms with Crippen LogP contribution in [0.5, 0.6) is 5.75 Å². The fourth-order valence-corrected chi connectivity index (χ4v) is 4.02. The number of carbonyl (C=O) groups is 2. The summed E-state index contributed by atoms with van der Waals surface area (Å²) in [4.78, 5) is 26.9. The van der Waals surface area contributed by atoms with E-state index in [1.165, 1.54) is 0 Å². The summed E-state index contributed by atoms with van der Waals surface area (Å²) in [7, 11) is 1.64. The van der Waals surface area contributed by atoms with E-state index in [1.807, 2.05) is 48.2 Å². The van der Waals surface area contributed by atoms with Gasteiger partial charge in [-0.1, -0.05) is 24.3 Å². The molecule has 150 valence electrons. The van der Waals surface area contributed by atoms with E-state index in [4.69, 9.17) is 9.47 Å². The highest BCUT2D eigenvalue weighted by Crippen LogP contribution is 2.26. The minimum Gasteiger partial charge on any atom is -0.497 e. The molecular formula is C23H29NO4. The first-order valence-electron chi connectivity index (χ1n) is 9.96. The van der Waals surface area contributed by atoms with Crippen LogP contribution in [0.4, 0.5) is 0 Å². The molecule has 2 aromatic carbocycles. The zero-order chi connectivity index (χ0) is 20.3. The third-order valence-electron chi connectivity index (χ3n) is 5.74. The molecule has 1 saturated heterocycles. The van der Waals surface area contributed by atoms with Crippen LogP contribution in [0.25, 0.3) is 10.8 Å². The zero-order valence-electron chi connectivity index (χ0n) is 17.1. The van der Waals surface area contributed by atoms with Gasteiger partial charge in [0, 0.05) is 12.1 Å². The smallest absolute Gasteiger partial charge is 0.313 e. The summed E-state index contributed by atoms with van der Waals surface area (Å²) in [6.07, 6.45) is 3.14. The molecular weight excluding hydrogens is 354 g/mol. The van der Waals surface area contributed by atoms with E-state index in [1.54, 1.807) is 7.11 Å². The van der Waals surface area contributed by atoms with E-state index in [9.17, 15) is 9.59 Å². The van der Waals surface area contributed by atoms with Gasteiger partial charge < -0.3 is 14.4 Å². The molecule has 28 heavy (non-hydrogen) atoms. The van der Waals surface area contributed by atoms with Gasteiger partial charge in [0.1, 0.15) is 5.75 Å². The molecule has 1 aliphatic heterocycles. The van der Waals surface area contributed by atoms with Gasteiger partial charge in [-0.3, -0.25) is 9.59 Å². The number of amides is 1. The maximum atomic E-state index is 12.6. The van der Waals surface area contributed by atoms with Gasteiger partial charge in [-0.25, -0.2) is 0 Å². The highest BCUT2D eigenvalue weighted by molar-refractivity contribution is 5.87. The predicted molar refractivity (Wildman–Crippen MR) is 109 cm³/mol. The van der Waals surface area contributed by atoms with E-state index in [2.05, 4.69) is 13.8 Å². The van der Waals surface area contributed by atoms with Crippen molar-refractivity contribution in [1.29, 1.82) is 0 Å². The predicted octanol–water partition coefficient (Wildman–Crippen LogP) is 4.28. The second kappa shape index (κ2) is 8.63. The Morgan fingerprint density at radius 2 is 1.71 bits per heavy atom. The number of nitrogens with zero attached hydrogens (tertiary/aromatic N) is 1. The Labute approximate surface area is 166 Å². The van der Waals surface area contributed by atoms with Crippen molar-refractivity contribution < 1.29 is 19.1 Å². The lowest BCUT2D eigenvalue weighted by atomic mass is 9.97. The molecule has 1 aliphatic rings. The Hall–Kier alpha value is -2.56. The molecule has 0 aromatic heterocycles. The monoisotopic (exact) mass is 383 g/mol. The second-order valence-corrected chi connectivity index (χ2v) is 7.73. The van der Waals surface area contributed by atoms with Gasteiger partial charge in [0.2, 0.25) is 0 Å². The third kappa shape index (κ3) is 4.29. The minimum atomic E-state index is -0.435. The Balaban J connectivity index is 1.64. The summed E-state index contributed by atoms with van der Waals surface area (Å²) in [5.41, 5.74) is 0.870. The van der Waals surface area contributed by atoms with Crippen LogP contribution in [0.2, 0.25) is 0 Å². The molecule has 3 rings (SSSR count). The SMILES string of the molecule is COc1ccc2cc([C@H](C)C(=O)OCC(=O)N3[C@H](C)CCC[C@H]3C)ccc2c1. The lowest BCUT2D eigenvalue weighted by Gasteiger charge is -2.38. The number of benzene rings is 2. The average molecular weight is 383 g/mol. The second-order valence-electron chi connectivity index (χ2n) is 7.73. The Morgan fingerprint density at radius 3 is 2.39 bits per heavy atom.